The zero-order valence-electron chi connectivity index (χ0n) is 12.9. The van der Waals surface area contributed by atoms with Gasteiger partial charge in [0.1, 0.15) is 6.04 Å². The fourth-order valence-electron chi connectivity index (χ4n) is 2.64. The van der Waals surface area contributed by atoms with Crippen LogP contribution in [-0.4, -0.2) is 46.9 Å². The molecule has 1 fully saturated rings. The van der Waals surface area contributed by atoms with Crippen molar-refractivity contribution in [2.24, 2.45) is 0 Å². The van der Waals surface area contributed by atoms with E-state index in [9.17, 15) is 18.3 Å². The van der Waals surface area contributed by atoms with Crippen molar-refractivity contribution in [2.45, 2.75) is 42.9 Å². The molecule has 0 radical (unpaired) electrons. The van der Waals surface area contributed by atoms with E-state index in [1.54, 1.807) is 26.0 Å². The summed E-state index contributed by atoms with van der Waals surface area (Å²) in [6.07, 6.45) is 0.642. The molecule has 22 heavy (non-hydrogen) atoms. The van der Waals surface area contributed by atoms with E-state index >= 15 is 0 Å². The van der Waals surface area contributed by atoms with Gasteiger partial charge in [0.25, 0.3) is 0 Å². The number of rotatable bonds is 3. The smallest absolute Gasteiger partial charge is 0.323 e. The molecule has 1 atom stereocenters. The summed E-state index contributed by atoms with van der Waals surface area (Å²) in [5, 5.41) is 9.60. The van der Waals surface area contributed by atoms with Gasteiger partial charge in [0.05, 0.1) is 4.90 Å². The first-order valence-electron chi connectivity index (χ1n) is 7.11. The molecule has 0 bridgehead atoms. The highest BCUT2D eigenvalue weighted by atomic mass is 32.2. The average molecular weight is 343 g/mol. The molecule has 1 aliphatic rings. The molecule has 1 aromatic rings. The minimum atomic E-state index is -3.83. The molecule has 1 aromatic carbocycles. The maximum absolute atomic E-state index is 12.9. The van der Waals surface area contributed by atoms with Crippen molar-refractivity contribution in [1.29, 1.82) is 0 Å². The van der Waals surface area contributed by atoms with Gasteiger partial charge in [-0.1, -0.05) is 17.7 Å². The number of hydrogen-bond donors (Lipinski definition) is 1. The van der Waals surface area contributed by atoms with E-state index in [0.717, 1.165) is 15.6 Å². The Labute approximate surface area is 135 Å². The van der Waals surface area contributed by atoms with Gasteiger partial charge < -0.3 is 5.11 Å². The summed E-state index contributed by atoms with van der Waals surface area (Å²) < 4.78 is 26.3. The molecule has 0 aliphatic carbocycles. The van der Waals surface area contributed by atoms with Gasteiger partial charge in [-0.15, -0.1) is 0 Å². The Morgan fingerprint density at radius 1 is 1.32 bits per heavy atom. The number of nitrogens with zero attached hydrogens (tertiary/aromatic N) is 1. The number of carboxylic acid groups (broad SMARTS) is 1. The maximum atomic E-state index is 12.9. The highest BCUT2D eigenvalue weighted by molar-refractivity contribution is 8.00. The minimum Gasteiger partial charge on any atom is -0.480 e. The summed E-state index contributed by atoms with van der Waals surface area (Å²) in [7, 11) is -3.83. The molecular weight excluding hydrogens is 322 g/mol. The van der Waals surface area contributed by atoms with E-state index < -0.39 is 26.8 Å². The van der Waals surface area contributed by atoms with Gasteiger partial charge in [-0.05, 0) is 45.1 Å². The zero-order valence-corrected chi connectivity index (χ0v) is 14.6. The van der Waals surface area contributed by atoms with Crippen molar-refractivity contribution < 1.29 is 18.3 Å². The van der Waals surface area contributed by atoms with Crippen LogP contribution in [0.4, 0.5) is 0 Å². The third kappa shape index (κ3) is 3.31. The van der Waals surface area contributed by atoms with Crippen molar-refractivity contribution in [3.8, 4) is 0 Å². The van der Waals surface area contributed by atoms with E-state index in [4.69, 9.17) is 0 Å². The number of aryl methyl sites for hydroxylation is 1. The lowest BCUT2D eigenvalue weighted by Gasteiger charge is -2.35. The molecule has 7 heteroatoms. The van der Waals surface area contributed by atoms with E-state index in [1.807, 2.05) is 6.92 Å². The third-order valence-electron chi connectivity index (χ3n) is 3.80. The van der Waals surface area contributed by atoms with Gasteiger partial charge >= 0.3 is 5.97 Å². The first-order valence-corrected chi connectivity index (χ1v) is 9.54. The van der Waals surface area contributed by atoms with Crippen LogP contribution in [0.15, 0.2) is 29.2 Å². The molecule has 1 saturated heterocycles. The average Bonchev–Trinajstić information content (AvgIpc) is 2.57. The molecule has 0 saturated carbocycles. The normalized spacial score (nSPS) is 23.0. The number of benzene rings is 1. The molecule has 0 spiro atoms. The van der Waals surface area contributed by atoms with Crippen LogP contribution in [0.25, 0.3) is 0 Å². The number of carboxylic acids is 1. The number of thioether (sulfide) groups is 1. The summed E-state index contributed by atoms with van der Waals surface area (Å²) >= 11 is 1.51. The molecule has 1 aliphatic heterocycles. The highest BCUT2D eigenvalue weighted by Crippen LogP contribution is 2.37. The molecule has 1 N–H and O–H groups in total. The predicted octanol–water partition coefficient (Wildman–Crippen LogP) is 2.35. The Balaban J connectivity index is 2.50. The maximum Gasteiger partial charge on any atom is 0.323 e. The second-order valence-corrected chi connectivity index (χ2v) is 9.61. The Kier molecular flexibility index (Phi) is 4.89. The van der Waals surface area contributed by atoms with Crippen molar-refractivity contribution in [3.05, 3.63) is 29.8 Å². The molecular formula is C15H21NO4S2. The monoisotopic (exact) mass is 343 g/mol. The number of hydrogen-bond acceptors (Lipinski definition) is 4. The Bertz CT molecular complexity index is 653. The fraction of sp³-hybridized carbons (Fsp3) is 0.533. The van der Waals surface area contributed by atoms with Crippen LogP contribution in [0.1, 0.15) is 25.8 Å². The topological polar surface area (TPSA) is 74.7 Å². The molecule has 5 nitrogen and oxygen atoms in total. The molecule has 122 valence electrons. The van der Waals surface area contributed by atoms with Crippen LogP contribution in [-0.2, 0) is 14.8 Å². The Morgan fingerprint density at radius 3 is 2.45 bits per heavy atom. The third-order valence-corrected chi connectivity index (χ3v) is 7.14. The fourth-order valence-corrected chi connectivity index (χ4v) is 5.64. The molecule has 1 heterocycles. The van der Waals surface area contributed by atoms with Crippen LogP contribution in [0.3, 0.4) is 0 Å². The lowest BCUT2D eigenvalue weighted by atomic mass is 10.0. The van der Waals surface area contributed by atoms with Gasteiger partial charge in [-0.25, -0.2) is 8.42 Å². The first-order chi connectivity index (χ1) is 10.2. The van der Waals surface area contributed by atoms with Crippen LogP contribution >= 0.6 is 11.8 Å². The second-order valence-electron chi connectivity index (χ2n) is 5.98. The standard InChI is InChI=1S/C15H21NO4S2/c1-11-5-7-12(8-6-11)22(19,20)16-9-4-10-21-15(2,3)13(16)14(17)18/h5-8,13H,4,9-10H2,1-3H3,(H,17,18). The largest absolute Gasteiger partial charge is 0.480 e. The lowest BCUT2D eigenvalue weighted by molar-refractivity contribution is -0.142. The van der Waals surface area contributed by atoms with Crippen LogP contribution in [0, 0.1) is 6.92 Å². The molecule has 0 amide bonds. The van der Waals surface area contributed by atoms with Crippen molar-refractivity contribution >= 4 is 27.8 Å². The van der Waals surface area contributed by atoms with E-state index in [-0.39, 0.29) is 11.4 Å². The SMILES string of the molecule is Cc1ccc(S(=O)(=O)N2CCCSC(C)(C)C2C(=O)O)cc1. The molecule has 1 unspecified atom stereocenters. The summed E-state index contributed by atoms with van der Waals surface area (Å²) in [5.41, 5.74) is 0.959. The Morgan fingerprint density at radius 2 is 1.91 bits per heavy atom. The molecule has 2 rings (SSSR count). The van der Waals surface area contributed by atoms with E-state index in [1.165, 1.54) is 23.9 Å². The zero-order chi connectivity index (χ0) is 16.5. The Hall–Kier alpha value is -1.05. The minimum absolute atomic E-state index is 0.145. The van der Waals surface area contributed by atoms with Crippen molar-refractivity contribution in [3.63, 3.8) is 0 Å². The van der Waals surface area contributed by atoms with Gasteiger partial charge in [0.2, 0.25) is 10.0 Å². The van der Waals surface area contributed by atoms with Crippen molar-refractivity contribution in [2.75, 3.05) is 12.3 Å². The quantitative estimate of drug-likeness (QED) is 0.912. The second kappa shape index (κ2) is 6.22. The summed E-state index contributed by atoms with van der Waals surface area (Å²) in [6.45, 7) is 5.69. The first kappa shape index (κ1) is 17.3. The number of carbonyl (C=O) groups is 1. The number of aliphatic carboxylic acids is 1. The summed E-state index contributed by atoms with van der Waals surface area (Å²) in [5.74, 6) is -0.355. The summed E-state index contributed by atoms with van der Waals surface area (Å²) in [4.78, 5) is 11.9. The van der Waals surface area contributed by atoms with Crippen LogP contribution in [0.2, 0.25) is 0 Å². The van der Waals surface area contributed by atoms with Gasteiger partial charge in [0, 0.05) is 11.3 Å². The van der Waals surface area contributed by atoms with E-state index in [2.05, 4.69) is 0 Å². The van der Waals surface area contributed by atoms with Gasteiger partial charge in [0.15, 0.2) is 0 Å². The molecule has 0 aromatic heterocycles. The van der Waals surface area contributed by atoms with Crippen molar-refractivity contribution in [1.82, 2.24) is 4.31 Å². The van der Waals surface area contributed by atoms with E-state index in [0.29, 0.717) is 6.42 Å². The predicted molar refractivity (Wildman–Crippen MR) is 87.6 cm³/mol. The lowest BCUT2D eigenvalue weighted by Crippen LogP contribution is -2.54. The van der Waals surface area contributed by atoms with Gasteiger partial charge in [-0.3, -0.25) is 4.79 Å². The van der Waals surface area contributed by atoms with Gasteiger partial charge in [-0.2, -0.15) is 16.1 Å². The summed E-state index contributed by atoms with van der Waals surface area (Å²) in [6, 6.07) is 5.44. The highest BCUT2D eigenvalue weighted by Gasteiger charge is 2.46. The number of sulfonamides is 1. The van der Waals surface area contributed by atoms with Crippen LogP contribution < -0.4 is 0 Å². The van der Waals surface area contributed by atoms with Crippen LogP contribution in [0.5, 0.6) is 0 Å².